The molecule has 13 heavy (non-hydrogen) atoms. The summed E-state index contributed by atoms with van der Waals surface area (Å²) in [6, 6.07) is 3.50. The number of aromatic hydroxyl groups is 1. The smallest absolute Gasteiger partial charge is 0.336 e. The van der Waals surface area contributed by atoms with Crippen LogP contribution in [0.5, 0.6) is 5.75 Å². The predicted molar refractivity (Wildman–Crippen MR) is 43.9 cm³/mol. The molecule has 0 radical (unpaired) electrons. The van der Waals surface area contributed by atoms with Crippen LogP contribution in [0, 0.1) is 0 Å². The van der Waals surface area contributed by atoms with Crippen LogP contribution in [-0.2, 0) is 0 Å². The van der Waals surface area contributed by atoms with Crippen molar-refractivity contribution in [2.75, 3.05) is 0 Å². The third-order valence-electron chi connectivity index (χ3n) is 1.36. The van der Waals surface area contributed by atoms with Gasteiger partial charge in [0, 0.05) is 4.91 Å². The van der Waals surface area contributed by atoms with E-state index in [0.29, 0.717) is 0 Å². The first kappa shape index (κ1) is 8.89. The van der Waals surface area contributed by atoms with Crippen molar-refractivity contribution in [1.82, 2.24) is 0 Å². The summed E-state index contributed by atoms with van der Waals surface area (Å²) in [6.45, 7) is 0. The summed E-state index contributed by atoms with van der Waals surface area (Å²) in [5.41, 5.74) is 7.85. The average molecular weight is 179 g/mol. The largest absolute Gasteiger partial charge is 0.508 e. The van der Waals surface area contributed by atoms with Gasteiger partial charge in [-0.25, -0.2) is 4.79 Å². The highest BCUT2D eigenvalue weighted by atomic mass is 16.4. The SMILES string of the molecule is [N-]=[N+]=Nc1ccc(O)cc1C(=O)O. The number of carbonyl (C=O) groups is 1. The molecule has 0 aliphatic carbocycles. The Balaban J connectivity index is 3.34. The number of aromatic carboxylic acids is 1. The van der Waals surface area contributed by atoms with Gasteiger partial charge in [-0.1, -0.05) is 5.11 Å². The standard InChI is InChI=1S/C7H5N3O3/c8-10-9-6-2-1-4(11)3-5(6)7(12)13/h1-3,11H,(H,12,13). The fourth-order valence-corrected chi connectivity index (χ4v) is 0.831. The van der Waals surface area contributed by atoms with Crippen molar-refractivity contribution in [2.24, 2.45) is 5.11 Å². The lowest BCUT2D eigenvalue weighted by Gasteiger charge is -1.99. The predicted octanol–water partition coefficient (Wildman–Crippen LogP) is 2.03. The van der Waals surface area contributed by atoms with Gasteiger partial charge in [-0.05, 0) is 23.7 Å². The van der Waals surface area contributed by atoms with Gasteiger partial charge in [-0.2, -0.15) is 0 Å². The Morgan fingerprint density at radius 3 is 2.77 bits per heavy atom. The Hall–Kier alpha value is -2.20. The van der Waals surface area contributed by atoms with Crippen LogP contribution in [-0.4, -0.2) is 16.2 Å². The first-order valence-corrected chi connectivity index (χ1v) is 3.26. The Kier molecular flexibility index (Phi) is 2.37. The quantitative estimate of drug-likeness (QED) is 0.412. The molecule has 0 atom stereocenters. The van der Waals surface area contributed by atoms with Gasteiger partial charge >= 0.3 is 5.97 Å². The number of nitrogens with zero attached hydrogens (tertiary/aromatic N) is 3. The van der Waals surface area contributed by atoms with Crippen LogP contribution in [0.4, 0.5) is 5.69 Å². The molecule has 0 bridgehead atoms. The molecule has 6 heteroatoms. The van der Waals surface area contributed by atoms with E-state index in [1.54, 1.807) is 0 Å². The maximum absolute atomic E-state index is 10.6. The van der Waals surface area contributed by atoms with Crippen LogP contribution in [0.3, 0.4) is 0 Å². The van der Waals surface area contributed by atoms with E-state index < -0.39 is 5.97 Å². The summed E-state index contributed by atoms with van der Waals surface area (Å²) >= 11 is 0. The minimum atomic E-state index is -1.25. The van der Waals surface area contributed by atoms with E-state index in [-0.39, 0.29) is 17.0 Å². The third kappa shape index (κ3) is 1.88. The second kappa shape index (κ2) is 3.46. The number of phenols is 1. The molecule has 1 aromatic rings. The number of rotatable bonds is 2. The van der Waals surface area contributed by atoms with E-state index in [4.69, 9.17) is 15.7 Å². The number of carboxylic acids is 1. The zero-order valence-corrected chi connectivity index (χ0v) is 6.38. The Morgan fingerprint density at radius 1 is 1.54 bits per heavy atom. The first-order valence-electron chi connectivity index (χ1n) is 3.26. The second-order valence-corrected chi connectivity index (χ2v) is 2.20. The number of carboxylic acid groups (broad SMARTS) is 1. The Bertz CT molecular complexity index is 396. The Morgan fingerprint density at radius 2 is 2.23 bits per heavy atom. The molecule has 1 aromatic carbocycles. The molecule has 0 spiro atoms. The van der Waals surface area contributed by atoms with Gasteiger partial charge in [0.2, 0.25) is 0 Å². The van der Waals surface area contributed by atoms with E-state index in [1.165, 1.54) is 12.1 Å². The van der Waals surface area contributed by atoms with Gasteiger partial charge in [0.15, 0.2) is 0 Å². The third-order valence-corrected chi connectivity index (χ3v) is 1.36. The fraction of sp³-hybridized carbons (Fsp3) is 0. The lowest BCUT2D eigenvalue weighted by Crippen LogP contribution is -1.95. The minimum absolute atomic E-state index is 0.0206. The lowest BCUT2D eigenvalue weighted by molar-refractivity contribution is 0.0697. The van der Waals surface area contributed by atoms with Crippen molar-refractivity contribution in [3.05, 3.63) is 34.2 Å². The van der Waals surface area contributed by atoms with Crippen LogP contribution in [0.15, 0.2) is 23.3 Å². The number of phenolic OH excluding ortho intramolecular Hbond substituents is 1. The summed E-state index contributed by atoms with van der Waals surface area (Å²) < 4.78 is 0. The van der Waals surface area contributed by atoms with Crippen molar-refractivity contribution >= 4 is 11.7 Å². The molecule has 0 unspecified atom stereocenters. The molecule has 0 fully saturated rings. The topological polar surface area (TPSA) is 106 Å². The van der Waals surface area contributed by atoms with Gasteiger partial charge in [0.05, 0.1) is 11.3 Å². The molecular weight excluding hydrogens is 174 g/mol. The van der Waals surface area contributed by atoms with Gasteiger partial charge in [0.25, 0.3) is 0 Å². The number of benzene rings is 1. The molecule has 0 amide bonds. The molecule has 2 N–H and O–H groups in total. The summed E-state index contributed by atoms with van der Waals surface area (Å²) in [5, 5.41) is 20.7. The van der Waals surface area contributed by atoms with Crippen molar-refractivity contribution in [3.8, 4) is 5.75 Å². The summed E-state index contributed by atoms with van der Waals surface area (Å²) in [6.07, 6.45) is 0. The van der Waals surface area contributed by atoms with Gasteiger partial charge in [-0.15, -0.1) is 0 Å². The van der Waals surface area contributed by atoms with E-state index in [1.807, 2.05) is 0 Å². The number of azide groups is 1. The van der Waals surface area contributed by atoms with Crippen LogP contribution < -0.4 is 0 Å². The maximum Gasteiger partial charge on any atom is 0.336 e. The summed E-state index contributed by atoms with van der Waals surface area (Å²) in [5.74, 6) is -1.44. The van der Waals surface area contributed by atoms with E-state index in [9.17, 15) is 4.79 Å². The van der Waals surface area contributed by atoms with Crippen LogP contribution in [0.25, 0.3) is 10.4 Å². The van der Waals surface area contributed by atoms with Crippen molar-refractivity contribution in [2.45, 2.75) is 0 Å². The molecule has 0 aliphatic rings. The van der Waals surface area contributed by atoms with Gasteiger partial charge < -0.3 is 10.2 Å². The van der Waals surface area contributed by atoms with Crippen LogP contribution >= 0.6 is 0 Å². The fourth-order valence-electron chi connectivity index (χ4n) is 0.831. The van der Waals surface area contributed by atoms with Crippen LogP contribution in [0.1, 0.15) is 10.4 Å². The minimum Gasteiger partial charge on any atom is -0.508 e. The molecule has 1 rings (SSSR count). The molecule has 6 nitrogen and oxygen atoms in total. The van der Waals surface area contributed by atoms with Gasteiger partial charge in [-0.3, -0.25) is 0 Å². The normalized spacial score (nSPS) is 8.92. The molecule has 0 aromatic heterocycles. The summed E-state index contributed by atoms with van der Waals surface area (Å²) in [7, 11) is 0. The maximum atomic E-state index is 10.6. The van der Waals surface area contributed by atoms with E-state index in [0.717, 1.165) is 6.07 Å². The molecule has 0 saturated heterocycles. The molecule has 0 heterocycles. The van der Waals surface area contributed by atoms with Crippen molar-refractivity contribution in [3.63, 3.8) is 0 Å². The highest BCUT2D eigenvalue weighted by molar-refractivity contribution is 5.93. The monoisotopic (exact) mass is 179 g/mol. The average Bonchev–Trinajstić information content (AvgIpc) is 2.08. The molecule has 66 valence electrons. The lowest BCUT2D eigenvalue weighted by atomic mass is 10.2. The van der Waals surface area contributed by atoms with Gasteiger partial charge in [0.1, 0.15) is 5.75 Å². The molecule has 0 saturated carbocycles. The first-order chi connectivity index (χ1) is 6.15. The molecular formula is C7H5N3O3. The van der Waals surface area contributed by atoms with E-state index in [2.05, 4.69) is 10.0 Å². The Labute approximate surface area is 72.7 Å². The summed E-state index contributed by atoms with van der Waals surface area (Å²) in [4.78, 5) is 13.0. The highest BCUT2D eigenvalue weighted by Gasteiger charge is 2.08. The zero-order chi connectivity index (χ0) is 9.84. The highest BCUT2D eigenvalue weighted by Crippen LogP contribution is 2.23. The number of hydrogen-bond donors (Lipinski definition) is 2. The van der Waals surface area contributed by atoms with Crippen molar-refractivity contribution < 1.29 is 15.0 Å². The second-order valence-electron chi connectivity index (χ2n) is 2.20. The van der Waals surface area contributed by atoms with Crippen LogP contribution in [0.2, 0.25) is 0 Å². The zero-order valence-electron chi connectivity index (χ0n) is 6.38. The number of hydrogen-bond acceptors (Lipinski definition) is 3. The molecule has 0 aliphatic heterocycles. The van der Waals surface area contributed by atoms with Crippen molar-refractivity contribution in [1.29, 1.82) is 0 Å². The van der Waals surface area contributed by atoms with E-state index >= 15 is 0 Å².